The van der Waals surface area contributed by atoms with Crippen LogP contribution in [0, 0.1) is 6.92 Å². The number of sulfonamides is 1. The number of hydrogen-bond donors (Lipinski definition) is 0. The predicted octanol–water partition coefficient (Wildman–Crippen LogP) is 3.04. The van der Waals surface area contributed by atoms with Gasteiger partial charge in [-0.2, -0.15) is 0 Å². The van der Waals surface area contributed by atoms with Gasteiger partial charge in [0, 0.05) is 32.2 Å². The zero-order valence-electron chi connectivity index (χ0n) is 15.1. The molecule has 1 aliphatic carbocycles. The lowest BCUT2D eigenvalue weighted by molar-refractivity contribution is 0.0647. The lowest BCUT2D eigenvalue weighted by Gasteiger charge is -2.34. The van der Waals surface area contributed by atoms with E-state index in [1.807, 2.05) is 18.7 Å². The maximum absolute atomic E-state index is 13.1. The van der Waals surface area contributed by atoms with Crippen LogP contribution in [0.25, 0.3) is 0 Å². The van der Waals surface area contributed by atoms with E-state index in [1.54, 1.807) is 12.1 Å². The lowest BCUT2D eigenvalue weighted by atomic mass is 9.93. The van der Waals surface area contributed by atoms with Gasteiger partial charge in [-0.15, -0.1) is 0 Å². The average molecular weight is 353 g/mol. The second kappa shape index (κ2) is 7.66. The normalized spacial score (nSPS) is 16.4. The highest BCUT2D eigenvalue weighted by Crippen LogP contribution is 2.26. The van der Waals surface area contributed by atoms with Crippen molar-refractivity contribution < 1.29 is 13.2 Å². The fourth-order valence-electron chi connectivity index (χ4n) is 3.32. The zero-order chi connectivity index (χ0) is 17.9. The molecule has 0 spiro atoms. The number of hydrogen-bond acceptors (Lipinski definition) is 3. The molecule has 1 fully saturated rings. The number of carbonyl (C=O) groups is 1. The molecule has 1 aromatic rings. The molecule has 2 rings (SSSR count). The summed E-state index contributed by atoms with van der Waals surface area (Å²) in [6, 6.07) is 5.08. The van der Waals surface area contributed by atoms with E-state index >= 15 is 0 Å². The van der Waals surface area contributed by atoms with E-state index in [-0.39, 0.29) is 16.8 Å². The summed E-state index contributed by atoms with van der Waals surface area (Å²) in [4.78, 5) is 15.1. The van der Waals surface area contributed by atoms with Gasteiger partial charge in [-0.3, -0.25) is 4.79 Å². The first-order chi connectivity index (χ1) is 11.3. The summed E-state index contributed by atoms with van der Waals surface area (Å²) >= 11 is 0. The summed E-state index contributed by atoms with van der Waals surface area (Å²) in [5.74, 6) is -0.0577. The molecule has 0 heterocycles. The first-order valence-corrected chi connectivity index (χ1v) is 10.1. The highest BCUT2D eigenvalue weighted by Gasteiger charge is 2.27. The number of aryl methyl sites for hydroxylation is 1. The SMILES string of the molecule is CCN(C(=O)c1cc(S(=O)(=O)N(C)C)ccc1C)C1CCCCC1. The van der Waals surface area contributed by atoms with Crippen LogP contribution in [-0.4, -0.2) is 50.2 Å². The van der Waals surface area contributed by atoms with Crippen LogP contribution in [0.1, 0.15) is 54.9 Å². The third-order valence-electron chi connectivity index (χ3n) is 4.84. The summed E-state index contributed by atoms with van der Waals surface area (Å²) in [5, 5.41) is 0. The molecule has 0 aliphatic heterocycles. The Morgan fingerprint density at radius 1 is 1.17 bits per heavy atom. The van der Waals surface area contributed by atoms with E-state index in [1.165, 1.54) is 30.9 Å². The Labute approximate surface area is 145 Å². The molecule has 0 saturated heterocycles. The van der Waals surface area contributed by atoms with Crippen LogP contribution in [0.2, 0.25) is 0 Å². The molecular weight excluding hydrogens is 324 g/mol. The minimum absolute atomic E-state index is 0.0577. The highest BCUT2D eigenvalue weighted by atomic mass is 32.2. The molecule has 0 aromatic heterocycles. The standard InChI is InChI=1S/C18H28N2O3S/c1-5-20(15-9-7-6-8-10-15)18(21)17-13-16(12-11-14(17)2)24(22,23)19(3)4/h11-13,15H,5-10H2,1-4H3. The first kappa shape index (κ1) is 18.9. The maximum atomic E-state index is 13.1. The summed E-state index contributed by atoms with van der Waals surface area (Å²) in [7, 11) is -0.550. The van der Waals surface area contributed by atoms with Crippen LogP contribution in [-0.2, 0) is 10.0 Å². The Balaban J connectivity index is 2.37. The van der Waals surface area contributed by atoms with Gasteiger partial charge >= 0.3 is 0 Å². The first-order valence-electron chi connectivity index (χ1n) is 8.63. The van der Waals surface area contributed by atoms with Crippen LogP contribution in [0.3, 0.4) is 0 Å². The van der Waals surface area contributed by atoms with Gasteiger partial charge < -0.3 is 4.90 Å². The Kier molecular flexibility index (Phi) is 6.04. The molecule has 6 heteroatoms. The maximum Gasteiger partial charge on any atom is 0.254 e. The minimum Gasteiger partial charge on any atom is -0.336 e. The molecule has 1 saturated carbocycles. The molecule has 1 aromatic carbocycles. The number of amides is 1. The number of nitrogens with zero attached hydrogens (tertiary/aromatic N) is 2. The fourth-order valence-corrected chi connectivity index (χ4v) is 4.25. The van der Waals surface area contributed by atoms with Gasteiger partial charge in [0.25, 0.3) is 5.91 Å². The summed E-state index contributed by atoms with van der Waals surface area (Å²) in [6.45, 7) is 4.49. The third kappa shape index (κ3) is 3.81. The van der Waals surface area contributed by atoms with E-state index in [9.17, 15) is 13.2 Å². The summed E-state index contributed by atoms with van der Waals surface area (Å²) in [6.07, 6.45) is 5.62. The summed E-state index contributed by atoms with van der Waals surface area (Å²) in [5.41, 5.74) is 1.30. The van der Waals surface area contributed by atoms with Gasteiger partial charge in [0.2, 0.25) is 10.0 Å². The molecule has 1 amide bonds. The molecule has 0 unspecified atom stereocenters. The molecule has 0 N–H and O–H groups in total. The second-order valence-electron chi connectivity index (χ2n) is 6.65. The Morgan fingerprint density at radius 3 is 2.33 bits per heavy atom. The molecule has 134 valence electrons. The van der Waals surface area contributed by atoms with Gasteiger partial charge in [-0.05, 0) is 44.4 Å². The van der Waals surface area contributed by atoms with Gasteiger partial charge in [-0.25, -0.2) is 12.7 Å². The van der Waals surface area contributed by atoms with Crippen molar-refractivity contribution in [2.24, 2.45) is 0 Å². The topological polar surface area (TPSA) is 57.7 Å². The largest absolute Gasteiger partial charge is 0.336 e. The van der Waals surface area contributed by atoms with Crippen LogP contribution in [0.15, 0.2) is 23.1 Å². The van der Waals surface area contributed by atoms with Crippen LogP contribution < -0.4 is 0 Å². The van der Waals surface area contributed by atoms with Gasteiger partial charge in [0.05, 0.1) is 4.90 Å². The monoisotopic (exact) mass is 352 g/mol. The van der Waals surface area contributed by atoms with E-state index in [2.05, 4.69) is 0 Å². The van der Waals surface area contributed by atoms with Gasteiger partial charge in [-0.1, -0.05) is 25.3 Å². The Bertz CT molecular complexity index is 692. The minimum atomic E-state index is -3.54. The van der Waals surface area contributed by atoms with Crippen LogP contribution in [0.5, 0.6) is 0 Å². The molecule has 0 radical (unpaired) electrons. The number of benzene rings is 1. The summed E-state index contributed by atoms with van der Waals surface area (Å²) < 4.78 is 25.9. The van der Waals surface area contributed by atoms with Crippen molar-refractivity contribution in [1.29, 1.82) is 0 Å². The Morgan fingerprint density at radius 2 is 1.79 bits per heavy atom. The molecule has 0 atom stereocenters. The fraction of sp³-hybridized carbons (Fsp3) is 0.611. The average Bonchev–Trinajstić information content (AvgIpc) is 2.56. The predicted molar refractivity (Wildman–Crippen MR) is 95.6 cm³/mol. The van der Waals surface area contributed by atoms with Gasteiger partial charge in [0.15, 0.2) is 0 Å². The second-order valence-corrected chi connectivity index (χ2v) is 8.80. The molecular formula is C18H28N2O3S. The van der Waals surface area contributed by atoms with Crippen molar-refractivity contribution in [3.8, 4) is 0 Å². The van der Waals surface area contributed by atoms with Crippen molar-refractivity contribution in [2.45, 2.75) is 56.9 Å². The van der Waals surface area contributed by atoms with Crippen molar-refractivity contribution >= 4 is 15.9 Å². The third-order valence-corrected chi connectivity index (χ3v) is 6.65. The van der Waals surface area contributed by atoms with E-state index in [0.29, 0.717) is 12.1 Å². The zero-order valence-corrected chi connectivity index (χ0v) is 15.9. The van der Waals surface area contributed by atoms with Gasteiger partial charge in [0.1, 0.15) is 0 Å². The Hall–Kier alpha value is -1.40. The van der Waals surface area contributed by atoms with Crippen molar-refractivity contribution in [1.82, 2.24) is 9.21 Å². The molecule has 1 aliphatic rings. The van der Waals surface area contributed by atoms with E-state index in [0.717, 1.165) is 31.2 Å². The number of rotatable bonds is 5. The molecule has 24 heavy (non-hydrogen) atoms. The highest BCUT2D eigenvalue weighted by molar-refractivity contribution is 7.89. The van der Waals surface area contributed by atoms with Crippen LogP contribution in [0.4, 0.5) is 0 Å². The number of carbonyl (C=O) groups excluding carboxylic acids is 1. The van der Waals surface area contributed by atoms with Crippen molar-refractivity contribution in [3.63, 3.8) is 0 Å². The van der Waals surface area contributed by atoms with Crippen LogP contribution >= 0.6 is 0 Å². The lowest BCUT2D eigenvalue weighted by Crippen LogP contribution is -2.41. The molecule has 0 bridgehead atoms. The van der Waals surface area contributed by atoms with Crippen molar-refractivity contribution in [2.75, 3.05) is 20.6 Å². The van der Waals surface area contributed by atoms with E-state index < -0.39 is 10.0 Å². The molecule has 5 nitrogen and oxygen atoms in total. The smallest absolute Gasteiger partial charge is 0.254 e. The quantitative estimate of drug-likeness (QED) is 0.818. The van der Waals surface area contributed by atoms with Crippen molar-refractivity contribution in [3.05, 3.63) is 29.3 Å². The van der Waals surface area contributed by atoms with E-state index in [4.69, 9.17) is 0 Å².